The van der Waals surface area contributed by atoms with Crippen LogP contribution in [0.15, 0.2) is 66.7 Å². The second-order valence-electron chi connectivity index (χ2n) is 14.3. The van der Waals surface area contributed by atoms with E-state index in [9.17, 15) is 20.4 Å². The Morgan fingerprint density at radius 2 is 0.830 bits per heavy atom. The number of rotatable bonds is 2. The Morgan fingerprint density at radius 1 is 0.453 bits per heavy atom. The number of anilines is 5. The monoisotopic (exact) mass is 717 g/mol. The molecule has 0 unspecified atom stereocenters. The van der Waals surface area contributed by atoms with Crippen LogP contribution in [0.1, 0.15) is 44.5 Å². The van der Waals surface area contributed by atoms with Gasteiger partial charge in [0.25, 0.3) is 0 Å². The van der Waals surface area contributed by atoms with Crippen LogP contribution < -0.4 is 34.8 Å². The Kier molecular flexibility index (Phi) is 9.19. The molecule has 11 heteroatoms. The van der Waals surface area contributed by atoms with E-state index in [2.05, 4.69) is 71.6 Å². The molecule has 0 fully saturated rings. The van der Waals surface area contributed by atoms with Gasteiger partial charge in [-0.1, -0.05) is 12.1 Å². The van der Waals surface area contributed by atoms with Crippen LogP contribution in [-0.4, -0.2) is 48.0 Å². The third-order valence-corrected chi connectivity index (χ3v) is 10.7. The van der Waals surface area contributed by atoms with Crippen molar-refractivity contribution < 1.29 is 29.9 Å². The molecule has 276 valence electrons. The minimum absolute atomic E-state index is 0.134. The van der Waals surface area contributed by atoms with E-state index in [1.54, 1.807) is 38.5 Å². The number of benzene rings is 5. The first-order valence-corrected chi connectivity index (χ1v) is 17.6. The lowest BCUT2D eigenvalue weighted by atomic mass is 9.97. The van der Waals surface area contributed by atoms with Crippen molar-refractivity contribution in [1.29, 1.82) is 0 Å². The number of ether oxygens (including phenoxy) is 2. The van der Waals surface area contributed by atoms with E-state index in [0.717, 1.165) is 59.4 Å². The van der Waals surface area contributed by atoms with Gasteiger partial charge in [-0.25, -0.2) is 0 Å². The summed E-state index contributed by atoms with van der Waals surface area (Å²) >= 11 is 0. The average molecular weight is 718 g/mol. The molecule has 4 aliphatic heterocycles. The Hall–Kier alpha value is -6.10. The van der Waals surface area contributed by atoms with E-state index < -0.39 is 0 Å². The van der Waals surface area contributed by atoms with Crippen LogP contribution in [0.2, 0.25) is 0 Å². The van der Waals surface area contributed by atoms with Crippen molar-refractivity contribution in [2.75, 3.05) is 52.9 Å². The molecule has 9 rings (SSSR count). The highest BCUT2D eigenvalue weighted by Crippen LogP contribution is 2.45. The molecule has 0 atom stereocenters. The maximum absolute atomic E-state index is 9.68. The minimum Gasteiger partial charge on any atom is -0.504 e. The molecule has 0 saturated heterocycles. The fourth-order valence-electron chi connectivity index (χ4n) is 7.52. The van der Waals surface area contributed by atoms with Gasteiger partial charge in [0.1, 0.15) is 0 Å². The van der Waals surface area contributed by atoms with E-state index in [-0.39, 0.29) is 23.0 Å². The van der Waals surface area contributed by atoms with Crippen LogP contribution in [0.4, 0.5) is 28.4 Å². The Morgan fingerprint density at radius 3 is 1.30 bits per heavy atom. The number of hydrogen-bond donors (Lipinski definition) is 5. The van der Waals surface area contributed by atoms with Gasteiger partial charge >= 0.3 is 0 Å². The van der Waals surface area contributed by atoms with E-state index in [1.807, 2.05) is 18.2 Å². The maximum Gasteiger partial charge on any atom is 0.162 e. The lowest BCUT2D eigenvalue weighted by molar-refractivity contribution is 0.354. The van der Waals surface area contributed by atoms with E-state index >= 15 is 0 Å². The number of nitrogens with zero attached hydrogens (tertiary/aromatic N) is 4. The maximum atomic E-state index is 9.68. The molecule has 0 radical (unpaired) electrons. The number of nitrogen functional groups attached to an aromatic ring is 1. The molecule has 5 aromatic rings. The zero-order valence-electron chi connectivity index (χ0n) is 31.1. The summed E-state index contributed by atoms with van der Waals surface area (Å²) in [6.45, 7) is 13.1. The number of methoxy groups -OCH3 is 2. The molecule has 0 spiro atoms. The predicted octanol–water partition coefficient (Wildman–Crippen LogP) is 7.31. The number of hydrogen-bond acceptors (Lipinski definition) is 11. The van der Waals surface area contributed by atoms with Crippen molar-refractivity contribution in [1.82, 2.24) is 0 Å². The van der Waals surface area contributed by atoms with E-state index in [1.165, 1.54) is 44.8 Å². The van der Waals surface area contributed by atoms with Gasteiger partial charge in [0, 0.05) is 72.8 Å². The predicted molar refractivity (Wildman–Crippen MR) is 210 cm³/mol. The fraction of sp³-hybridized carbons (Fsp3) is 0.286. The highest BCUT2D eigenvalue weighted by molar-refractivity contribution is 5.73. The van der Waals surface area contributed by atoms with Gasteiger partial charge in [0.15, 0.2) is 34.5 Å². The van der Waals surface area contributed by atoms with Gasteiger partial charge in [-0.05, 0) is 109 Å². The first-order valence-electron chi connectivity index (χ1n) is 17.6. The van der Waals surface area contributed by atoms with Crippen LogP contribution >= 0.6 is 0 Å². The molecule has 0 aromatic heterocycles. The molecule has 0 aliphatic carbocycles. The Bertz CT molecular complexity index is 2160. The molecule has 6 N–H and O–H groups in total. The molecular formula is C42H47N5O6. The Labute approximate surface area is 310 Å². The summed E-state index contributed by atoms with van der Waals surface area (Å²) in [6, 6.07) is 21.1. The molecule has 0 amide bonds. The minimum atomic E-state index is -0.137. The van der Waals surface area contributed by atoms with Crippen LogP contribution in [0.3, 0.4) is 0 Å². The largest absolute Gasteiger partial charge is 0.504 e. The number of phenols is 4. The summed E-state index contributed by atoms with van der Waals surface area (Å²) in [6.07, 6.45) is 0. The van der Waals surface area contributed by atoms with Crippen LogP contribution in [0.5, 0.6) is 34.5 Å². The standard InChI is InChI=1S/C19H22N2O2.C15H14N2O4.C8H11N/c1-12-5-14-9-21-11-20(16(14)6-13(12)2)10-15-7-18(22-3)19(23-4)8-17(15)21;18-12-1-8-5-16-7-17(10(8)3-14(12)20)6-9-2-13(19)15(21)4-11(9)16;1-6-3-4-8(9)5-7(6)2/h5-8H,9-11H2,1-4H3;1-4,18-21H,5-7H2;3-5H,9H2,1-2H3. The van der Waals surface area contributed by atoms with Crippen LogP contribution in [-0.2, 0) is 26.2 Å². The van der Waals surface area contributed by atoms with Gasteiger partial charge in [0.05, 0.1) is 27.6 Å². The van der Waals surface area contributed by atoms with E-state index in [4.69, 9.17) is 15.2 Å². The van der Waals surface area contributed by atoms with Gasteiger partial charge in [-0.2, -0.15) is 0 Å². The van der Waals surface area contributed by atoms with Gasteiger partial charge in [0.2, 0.25) is 0 Å². The van der Waals surface area contributed by atoms with Crippen molar-refractivity contribution in [2.24, 2.45) is 0 Å². The van der Waals surface area contributed by atoms with Gasteiger partial charge in [-0.3, -0.25) is 0 Å². The second kappa shape index (κ2) is 13.8. The summed E-state index contributed by atoms with van der Waals surface area (Å²) in [7, 11) is 3.38. The SMILES string of the molecule is COc1cc2c(cc1OC)N1Cc3cc(C)c(C)cc3N(C2)C1.Cc1ccc(N)cc1C.Oc1cc2c(cc1O)N1Cc3cc(O)c(O)cc3N(C2)C1. The molecule has 53 heavy (non-hydrogen) atoms. The number of fused-ring (bicyclic) bond motifs is 12. The normalized spacial score (nSPS) is 14.4. The molecule has 0 saturated carbocycles. The third-order valence-electron chi connectivity index (χ3n) is 10.7. The van der Waals surface area contributed by atoms with Gasteiger partial charge < -0.3 is 55.2 Å². The molecule has 11 nitrogen and oxygen atoms in total. The molecular weight excluding hydrogens is 670 g/mol. The van der Waals surface area contributed by atoms with Crippen molar-refractivity contribution in [2.45, 2.75) is 53.9 Å². The highest BCUT2D eigenvalue weighted by Gasteiger charge is 2.32. The molecule has 4 bridgehead atoms. The summed E-state index contributed by atoms with van der Waals surface area (Å²) in [5.41, 5.74) is 20.5. The van der Waals surface area contributed by atoms with Crippen molar-refractivity contribution in [3.8, 4) is 34.5 Å². The summed E-state index contributed by atoms with van der Waals surface area (Å²) in [5, 5.41) is 38.7. The summed E-state index contributed by atoms with van der Waals surface area (Å²) < 4.78 is 10.9. The number of aryl methyl sites for hydroxylation is 4. The zero-order valence-corrected chi connectivity index (χ0v) is 31.1. The van der Waals surface area contributed by atoms with Crippen molar-refractivity contribution in [3.63, 3.8) is 0 Å². The first-order chi connectivity index (χ1) is 25.3. The molecule has 4 heterocycles. The van der Waals surface area contributed by atoms with Crippen molar-refractivity contribution in [3.05, 3.63) is 111 Å². The number of phenolic OH excluding ortho intramolecular Hbond substituents is 4. The fourth-order valence-corrected chi connectivity index (χ4v) is 7.52. The lowest BCUT2D eigenvalue weighted by Gasteiger charge is -2.45. The van der Waals surface area contributed by atoms with Gasteiger partial charge in [-0.15, -0.1) is 0 Å². The topological polar surface area (TPSA) is 138 Å². The van der Waals surface area contributed by atoms with Crippen LogP contribution in [0.25, 0.3) is 0 Å². The summed E-state index contributed by atoms with van der Waals surface area (Å²) in [4.78, 5) is 8.96. The smallest absolute Gasteiger partial charge is 0.162 e. The quantitative estimate of drug-likeness (QED) is 0.0929. The molecule has 5 aromatic carbocycles. The Balaban J connectivity index is 0.000000134. The molecule has 4 aliphatic rings. The van der Waals surface area contributed by atoms with Crippen molar-refractivity contribution >= 4 is 28.4 Å². The third kappa shape index (κ3) is 6.70. The highest BCUT2D eigenvalue weighted by atomic mass is 16.5. The first kappa shape index (κ1) is 35.3. The second-order valence-corrected chi connectivity index (χ2v) is 14.3. The van der Waals surface area contributed by atoms with E-state index in [0.29, 0.717) is 19.8 Å². The van der Waals surface area contributed by atoms with Crippen LogP contribution in [0, 0.1) is 27.7 Å². The lowest BCUT2D eigenvalue weighted by Crippen LogP contribution is -2.46. The average Bonchev–Trinajstić information content (AvgIpc) is 3.13. The summed E-state index contributed by atoms with van der Waals surface area (Å²) in [5.74, 6) is 1.05. The zero-order chi connectivity index (χ0) is 37.7. The number of nitrogens with two attached hydrogens (primary N) is 1. The number of aromatic hydroxyl groups is 4.